The predicted molar refractivity (Wildman–Crippen MR) is 106 cm³/mol. The van der Waals surface area contributed by atoms with Crippen LogP contribution < -0.4 is 5.32 Å². The van der Waals surface area contributed by atoms with Gasteiger partial charge in [0, 0.05) is 37.8 Å². The number of hydrogen-bond donors (Lipinski definition) is 1. The average molecular weight is 389 g/mol. The molecule has 0 spiro atoms. The zero-order valence-electron chi connectivity index (χ0n) is 16.9. The third kappa shape index (κ3) is 3.55. The lowest BCUT2D eigenvalue weighted by Gasteiger charge is -2.45. The molecule has 0 radical (unpaired) electrons. The maximum Gasteiger partial charge on any atom is 0.410 e. The first-order valence-corrected chi connectivity index (χ1v) is 10.7. The summed E-state index contributed by atoms with van der Waals surface area (Å²) in [5.74, 6) is 2.34. The van der Waals surface area contributed by atoms with Crippen molar-refractivity contribution in [1.82, 2.24) is 20.0 Å². The van der Waals surface area contributed by atoms with E-state index in [1.165, 1.54) is 12.8 Å². The lowest BCUT2D eigenvalue weighted by atomic mass is 9.88. The molecule has 3 amide bonds. The summed E-state index contributed by atoms with van der Waals surface area (Å²) in [6.45, 7) is 5.58. The van der Waals surface area contributed by atoms with Crippen LogP contribution in [0.5, 0.6) is 0 Å². The first kappa shape index (κ1) is 19.4. The summed E-state index contributed by atoms with van der Waals surface area (Å²) in [5.41, 5.74) is -0.0270. The molecule has 3 aliphatic heterocycles. The van der Waals surface area contributed by atoms with Crippen LogP contribution in [-0.2, 0) is 4.74 Å². The van der Waals surface area contributed by atoms with Crippen molar-refractivity contribution in [1.29, 1.82) is 0 Å². The molecule has 1 N–H and O–H groups in total. The molecule has 3 saturated heterocycles. The van der Waals surface area contributed by atoms with Gasteiger partial charge in [-0.15, -0.1) is 6.42 Å². The highest BCUT2D eigenvalue weighted by molar-refractivity contribution is 5.78. The molecule has 7 nitrogen and oxygen atoms in total. The third-order valence-electron chi connectivity index (χ3n) is 7.24. The lowest BCUT2D eigenvalue weighted by molar-refractivity contribution is 0.0430. The van der Waals surface area contributed by atoms with Crippen molar-refractivity contribution in [3.63, 3.8) is 0 Å². The number of ether oxygens (including phenoxy) is 1. The summed E-state index contributed by atoms with van der Waals surface area (Å²) < 4.78 is 5.08. The Morgan fingerprint density at radius 2 is 2.00 bits per heavy atom. The van der Waals surface area contributed by atoms with Crippen molar-refractivity contribution in [2.75, 3.05) is 32.8 Å². The van der Waals surface area contributed by atoms with Crippen molar-refractivity contribution in [2.45, 2.75) is 75.5 Å². The van der Waals surface area contributed by atoms with Crippen LogP contribution in [0.2, 0.25) is 0 Å². The summed E-state index contributed by atoms with van der Waals surface area (Å²) in [5, 5.41) is 3.21. The van der Waals surface area contributed by atoms with E-state index in [0.717, 1.165) is 45.2 Å². The molecule has 1 unspecified atom stereocenters. The summed E-state index contributed by atoms with van der Waals surface area (Å²) in [7, 11) is 0. The minimum atomic E-state index is -0.311. The number of likely N-dealkylation sites (tertiary alicyclic amines) is 2. The molecule has 28 heavy (non-hydrogen) atoms. The van der Waals surface area contributed by atoms with Crippen LogP contribution in [0.1, 0.15) is 51.9 Å². The van der Waals surface area contributed by atoms with Crippen LogP contribution in [0.25, 0.3) is 0 Å². The number of piperidine rings is 1. The minimum absolute atomic E-state index is 0.0253. The Hall–Kier alpha value is -1.94. The molecule has 7 heteroatoms. The van der Waals surface area contributed by atoms with E-state index in [-0.39, 0.29) is 24.3 Å². The Balaban J connectivity index is 1.32. The maximum atomic E-state index is 12.6. The fourth-order valence-electron chi connectivity index (χ4n) is 5.67. The number of rotatable bonds is 3. The Labute approximate surface area is 167 Å². The zero-order chi connectivity index (χ0) is 19.7. The van der Waals surface area contributed by atoms with E-state index in [9.17, 15) is 9.59 Å². The van der Waals surface area contributed by atoms with Gasteiger partial charge in [-0.05, 0) is 39.0 Å². The topological polar surface area (TPSA) is 65.1 Å². The van der Waals surface area contributed by atoms with Crippen LogP contribution in [0.15, 0.2) is 0 Å². The van der Waals surface area contributed by atoms with E-state index in [4.69, 9.17) is 11.2 Å². The minimum Gasteiger partial charge on any atom is -0.436 e. The smallest absolute Gasteiger partial charge is 0.410 e. The van der Waals surface area contributed by atoms with Crippen molar-refractivity contribution in [3.05, 3.63) is 0 Å². The summed E-state index contributed by atoms with van der Waals surface area (Å²) in [6, 6.07) is 1.23. The Morgan fingerprint density at radius 1 is 1.25 bits per heavy atom. The molecule has 0 bridgehead atoms. The van der Waals surface area contributed by atoms with E-state index in [1.54, 1.807) is 4.90 Å². The van der Waals surface area contributed by atoms with Gasteiger partial charge in [-0.25, -0.2) is 9.59 Å². The number of carbonyl (C=O) groups excluding carboxylic acids is 2. The van der Waals surface area contributed by atoms with Crippen LogP contribution in [0, 0.1) is 12.3 Å². The normalized spacial score (nSPS) is 34.1. The van der Waals surface area contributed by atoms with Gasteiger partial charge in [0.1, 0.15) is 0 Å². The summed E-state index contributed by atoms with van der Waals surface area (Å²) >= 11 is 0. The van der Waals surface area contributed by atoms with Crippen molar-refractivity contribution in [3.8, 4) is 12.3 Å². The number of terminal acetylenes is 1. The monoisotopic (exact) mass is 388 g/mol. The van der Waals surface area contributed by atoms with Crippen LogP contribution in [-0.4, -0.2) is 83.3 Å². The quantitative estimate of drug-likeness (QED) is 0.752. The fraction of sp³-hybridized carbons (Fsp3) is 0.810. The van der Waals surface area contributed by atoms with Gasteiger partial charge in [0.25, 0.3) is 0 Å². The summed E-state index contributed by atoms with van der Waals surface area (Å²) in [4.78, 5) is 31.1. The first-order valence-electron chi connectivity index (χ1n) is 10.7. The van der Waals surface area contributed by atoms with E-state index < -0.39 is 0 Å². The molecule has 0 aromatic carbocycles. The van der Waals surface area contributed by atoms with Crippen molar-refractivity contribution in [2.24, 2.45) is 0 Å². The number of nitrogens with one attached hydrogen (secondary N) is 1. The van der Waals surface area contributed by atoms with E-state index in [0.29, 0.717) is 31.2 Å². The Bertz CT molecular complexity index is 655. The number of amides is 3. The average Bonchev–Trinajstić information content (AvgIpc) is 3.26. The molecule has 154 valence electrons. The number of hydrogen-bond acceptors (Lipinski definition) is 4. The molecule has 4 aliphatic rings. The molecule has 0 aromatic rings. The van der Waals surface area contributed by atoms with Gasteiger partial charge in [-0.3, -0.25) is 4.90 Å². The largest absolute Gasteiger partial charge is 0.436 e. The SMILES string of the molecule is C#CCOC(=O)N1CCC(C)(N2CCC(N3C(=O)N[C@H]4CCCC[C@@H]43)CC2)C1. The lowest BCUT2D eigenvalue weighted by Crippen LogP contribution is -2.56. The van der Waals surface area contributed by atoms with Crippen molar-refractivity contribution >= 4 is 12.1 Å². The zero-order valence-corrected chi connectivity index (χ0v) is 16.9. The van der Waals surface area contributed by atoms with Crippen LogP contribution >= 0.6 is 0 Å². The number of nitrogens with zero attached hydrogens (tertiary/aromatic N) is 3. The van der Waals surface area contributed by atoms with Crippen LogP contribution in [0.3, 0.4) is 0 Å². The second-order valence-corrected chi connectivity index (χ2v) is 8.96. The predicted octanol–water partition coefficient (Wildman–Crippen LogP) is 2.02. The standard InChI is InChI=1S/C21H32N4O3/c1-3-14-28-20(27)23-13-10-21(2,15-23)24-11-8-16(9-12-24)25-18-7-5-4-6-17(18)22-19(25)26/h1,16-18H,4-15H2,2H3,(H,22,26)/t17-,18-,21?/m0/s1. The molecule has 3 atom stereocenters. The molecule has 3 heterocycles. The summed E-state index contributed by atoms with van der Waals surface area (Å²) in [6.07, 6.45) is 12.5. The highest BCUT2D eigenvalue weighted by atomic mass is 16.6. The molecule has 1 aliphatic carbocycles. The molecule has 0 aromatic heterocycles. The Morgan fingerprint density at radius 3 is 2.75 bits per heavy atom. The second kappa shape index (κ2) is 7.82. The molecule has 4 rings (SSSR count). The van der Waals surface area contributed by atoms with Gasteiger partial charge in [0.15, 0.2) is 6.61 Å². The van der Waals surface area contributed by atoms with Gasteiger partial charge in [0.2, 0.25) is 0 Å². The molecule has 4 fully saturated rings. The highest BCUT2D eigenvalue weighted by Crippen LogP contribution is 2.35. The van der Waals surface area contributed by atoms with E-state index >= 15 is 0 Å². The fourth-order valence-corrected chi connectivity index (χ4v) is 5.67. The van der Waals surface area contributed by atoms with Gasteiger partial charge in [0.05, 0.1) is 12.1 Å². The van der Waals surface area contributed by atoms with E-state index in [1.807, 2.05) is 0 Å². The number of fused-ring (bicyclic) bond motifs is 1. The van der Waals surface area contributed by atoms with Gasteiger partial charge in [-0.1, -0.05) is 18.8 Å². The highest BCUT2D eigenvalue weighted by Gasteiger charge is 2.47. The Kier molecular flexibility index (Phi) is 5.42. The molecular weight excluding hydrogens is 356 g/mol. The molecule has 1 saturated carbocycles. The number of carbonyl (C=O) groups is 2. The van der Waals surface area contributed by atoms with Crippen LogP contribution in [0.4, 0.5) is 9.59 Å². The van der Waals surface area contributed by atoms with Gasteiger partial charge in [-0.2, -0.15) is 0 Å². The number of urea groups is 1. The van der Waals surface area contributed by atoms with Gasteiger partial charge < -0.3 is 19.9 Å². The van der Waals surface area contributed by atoms with E-state index in [2.05, 4.69) is 28.0 Å². The third-order valence-corrected chi connectivity index (χ3v) is 7.24. The van der Waals surface area contributed by atoms with Crippen molar-refractivity contribution < 1.29 is 14.3 Å². The first-order chi connectivity index (χ1) is 13.5. The second-order valence-electron chi connectivity index (χ2n) is 8.96. The van der Waals surface area contributed by atoms with Gasteiger partial charge >= 0.3 is 12.1 Å². The molecular formula is C21H32N4O3. The maximum absolute atomic E-state index is 12.6.